The zero-order valence-electron chi connectivity index (χ0n) is 16.2. The van der Waals surface area contributed by atoms with Crippen LogP contribution in [0.1, 0.15) is 35.8 Å². The number of nitrogens with zero attached hydrogens (tertiary/aromatic N) is 1. The Morgan fingerprint density at radius 3 is 2.38 bits per heavy atom. The minimum absolute atomic E-state index is 0.00724. The van der Waals surface area contributed by atoms with Gasteiger partial charge >= 0.3 is 11.7 Å². The third-order valence-electron chi connectivity index (χ3n) is 4.15. The van der Waals surface area contributed by atoms with Gasteiger partial charge in [0, 0.05) is 6.07 Å². The zero-order chi connectivity index (χ0) is 21.6. The summed E-state index contributed by atoms with van der Waals surface area (Å²) in [7, 11) is 1.16. The second-order valence-corrected chi connectivity index (χ2v) is 6.56. The lowest BCUT2D eigenvalue weighted by Gasteiger charge is -2.23. The number of nitro benzene ring substituents is 1. The van der Waals surface area contributed by atoms with Gasteiger partial charge in [-0.1, -0.05) is 26.0 Å². The summed E-state index contributed by atoms with van der Waals surface area (Å²) in [6, 6.07) is 8.95. The number of rotatable bonds is 8. The van der Waals surface area contributed by atoms with Gasteiger partial charge in [0.1, 0.15) is 5.82 Å². The molecule has 0 heterocycles. The molecule has 0 saturated heterocycles. The van der Waals surface area contributed by atoms with Gasteiger partial charge in [0.2, 0.25) is 0 Å². The Bertz CT molecular complexity index is 898. The molecule has 0 saturated carbocycles. The Morgan fingerprint density at radius 1 is 1.17 bits per heavy atom. The highest BCUT2D eigenvalue weighted by molar-refractivity contribution is 5.90. The van der Waals surface area contributed by atoms with Crippen LogP contribution >= 0.6 is 0 Å². The van der Waals surface area contributed by atoms with Crippen LogP contribution in [0.5, 0.6) is 5.75 Å². The largest absolute Gasteiger partial charge is 0.477 e. The van der Waals surface area contributed by atoms with Gasteiger partial charge < -0.3 is 14.8 Å². The predicted octanol–water partition coefficient (Wildman–Crippen LogP) is 3.41. The van der Waals surface area contributed by atoms with E-state index < -0.39 is 29.1 Å². The molecule has 8 nitrogen and oxygen atoms in total. The van der Waals surface area contributed by atoms with Crippen LogP contribution in [-0.4, -0.2) is 30.5 Å². The lowest BCUT2D eigenvalue weighted by molar-refractivity contribution is -0.385. The summed E-state index contributed by atoms with van der Waals surface area (Å²) in [5.41, 5.74) is 0.259. The molecule has 29 heavy (non-hydrogen) atoms. The minimum Gasteiger partial charge on any atom is -0.477 e. The zero-order valence-corrected chi connectivity index (χ0v) is 16.2. The van der Waals surface area contributed by atoms with Crippen LogP contribution < -0.4 is 10.1 Å². The van der Waals surface area contributed by atoms with Crippen LogP contribution in [-0.2, 0) is 9.53 Å². The van der Waals surface area contributed by atoms with E-state index in [1.54, 1.807) is 12.1 Å². The fourth-order valence-electron chi connectivity index (χ4n) is 2.69. The SMILES string of the molecule is COC(=O)c1ccc(OCC(=O)NC(c2ccc(F)cc2)C(C)C)c([N+](=O)[O-])c1. The van der Waals surface area contributed by atoms with Gasteiger partial charge in [-0.3, -0.25) is 14.9 Å². The molecule has 0 aliphatic carbocycles. The molecule has 9 heteroatoms. The second-order valence-electron chi connectivity index (χ2n) is 6.56. The molecule has 1 atom stereocenters. The molecule has 2 aromatic rings. The normalized spacial score (nSPS) is 11.6. The summed E-state index contributed by atoms with van der Waals surface area (Å²) in [5, 5.41) is 14.0. The van der Waals surface area contributed by atoms with Gasteiger partial charge in [-0.25, -0.2) is 9.18 Å². The van der Waals surface area contributed by atoms with Crippen molar-refractivity contribution in [2.45, 2.75) is 19.9 Å². The summed E-state index contributed by atoms with van der Waals surface area (Å²) in [6.07, 6.45) is 0. The summed E-state index contributed by atoms with van der Waals surface area (Å²) in [6.45, 7) is 3.32. The van der Waals surface area contributed by atoms with E-state index >= 15 is 0 Å². The third-order valence-corrected chi connectivity index (χ3v) is 4.15. The molecule has 1 amide bonds. The quantitative estimate of drug-likeness (QED) is 0.410. The van der Waals surface area contributed by atoms with Crippen LogP contribution in [0.15, 0.2) is 42.5 Å². The fourth-order valence-corrected chi connectivity index (χ4v) is 2.69. The number of amides is 1. The van der Waals surface area contributed by atoms with Gasteiger partial charge in [-0.2, -0.15) is 0 Å². The maximum atomic E-state index is 13.1. The molecule has 1 N–H and O–H groups in total. The van der Waals surface area contributed by atoms with E-state index in [0.717, 1.165) is 18.7 Å². The topological polar surface area (TPSA) is 108 Å². The van der Waals surface area contributed by atoms with Crippen molar-refractivity contribution in [1.82, 2.24) is 5.32 Å². The van der Waals surface area contributed by atoms with E-state index in [9.17, 15) is 24.1 Å². The smallest absolute Gasteiger partial charge is 0.338 e. The predicted molar refractivity (Wildman–Crippen MR) is 102 cm³/mol. The number of ether oxygens (including phenoxy) is 2. The Labute approximate surface area is 166 Å². The Balaban J connectivity index is 2.10. The highest BCUT2D eigenvalue weighted by atomic mass is 19.1. The van der Waals surface area contributed by atoms with Crippen LogP contribution in [0, 0.1) is 21.8 Å². The van der Waals surface area contributed by atoms with E-state index in [0.29, 0.717) is 0 Å². The molecule has 0 fully saturated rings. The summed E-state index contributed by atoms with van der Waals surface area (Å²) < 4.78 is 23.0. The first-order valence-corrected chi connectivity index (χ1v) is 8.77. The molecule has 2 aromatic carbocycles. The maximum Gasteiger partial charge on any atom is 0.338 e. The van der Waals surface area contributed by atoms with Crippen molar-refractivity contribution in [2.75, 3.05) is 13.7 Å². The monoisotopic (exact) mass is 404 g/mol. The summed E-state index contributed by atoms with van der Waals surface area (Å²) in [4.78, 5) is 34.4. The Morgan fingerprint density at radius 2 is 1.83 bits per heavy atom. The summed E-state index contributed by atoms with van der Waals surface area (Å²) in [5.74, 6) is -1.75. The first-order chi connectivity index (χ1) is 13.7. The highest BCUT2D eigenvalue weighted by Gasteiger charge is 2.22. The van der Waals surface area contributed by atoms with E-state index in [4.69, 9.17) is 4.74 Å². The number of hydrogen-bond acceptors (Lipinski definition) is 6. The van der Waals surface area contributed by atoms with Crippen molar-refractivity contribution in [3.63, 3.8) is 0 Å². The number of nitro groups is 1. The summed E-state index contributed by atoms with van der Waals surface area (Å²) >= 11 is 0. The number of carbonyl (C=O) groups is 2. The molecule has 154 valence electrons. The first kappa shape index (κ1) is 21.8. The molecule has 1 unspecified atom stereocenters. The average Bonchev–Trinajstić information content (AvgIpc) is 2.70. The number of nitrogens with one attached hydrogen (secondary N) is 1. The molecule has 0 bridgehead atoms. The van der Waals surface area contributed by atoms with Gasteiger partial charge in [-0.05, 0) is 35.7 Å². The fraction of sp³-hybridized carbons (Fsp3) is 0.300. The van der Waals surface area contributed by atoms with Crippen LogP contribution in [0.2, 0.25) is 0 Å². The van der Waals surface area contributed by atoms with Crippen molar-refractivity contribution in [1.29, 1.82) is 0 Å². The van der Waals surface area contributed by atoms with Crippen molar-refractivity contribution in [3.8, 4) is 5.75 Å². The van der Waals surface area contributed by atoms with Gasteiger partial charge in [0.05, 0.1) is 23.6 Å². The molecule has 0 radical (unpaired) electrons. The minimum atomic E-state index is -0.725. The number of benzene rings is 2. The highest BCUT2D eigenvalue weighted by Crippen LogP contribution is 2.28. The van der Waals surface area contributed by atoms with Crippen molar-refractivity contribution >= 4 is 17.6 Å². The van der Waals surface area contributed by atoms with Gasteiger partial charge in [0.15, 0.2) is 12.4 Å². The number of halogens is 1. The molecule has 0 spiro atoms. The molecule has 2 rings (SSSR count). The standard InChI is InChI=1S/C20H21FN2O6/c1-12(2)19(13-4-7-15(21)8-5-13)22-18(24)11-29-17-9-6-14(20(25)28-3)10-16(17)23(26)27/h4-10,12,19H,11H2,1-3H3,(H,22,24). The first-order valence-electron chi connectivity index (χ1n) is 8.77. The lowest BCUT2D eigenvalue weighted by atomic mass is 9.96. The molecule has 0 aromatic heterocycles. The van der Waals surface area contributed by atoms with Crippen LogP contribution in [0.4, 0.5) is 10.1 Å². The third kappa shape index (κ3) is 5.74. The van der Waals surface area contributed by atoms with Gasteiger partial charge in [0.25, 0.3) is 5.91 Å². The second kappa shape index (κ2) is 9.63. The lowest BCUT2D eigenvalue weighted by Crippen LogP contribution is -2.35. The number of carbonyl (C=O) groups excluding carboxylic acids is 2. The maximum absolute atomic E-state index is 13.1. The average molecular weight is 404 g/mol. The number of hydrogen-bond donors (Lipinski definition) is 1. The molecular weight excluding hydrogens is 383 g/mol. The van der Waals surface area contributed by atoms with Crippen molar-refractivity contribution in [3.05, 3.63) is 69.5 Å². The van der Waals surface area contributed by atoms with E-state index in [-0.39, 0.29) is 29.1 Å². The molecule has 0 aliphatic rings. The molecule has 0 aliphatic heterocycles. The molecular formula is C20H21FN2O6. The number of esters is 1. The van der Waals surface area contributed by atoms with Crippen LogP contribution in [0.3, 0.4) is 0 Å². The van der Waals surface area contributed by atoms with Crippen molar-refractivity contribution < 1.29 is 28.4 Å². The van der Waals surface area contributed by atoms with Crippen LogP contribution in [0.25, 0.3) is 0 Å². The Kier molecular flexibility index (Phi) is 7.24. The number of methoxy groups -OCH3 is 1. The van der Waals surface area contributed by atoms with Gasteiger partial charge in [-0.15, -0.1) is 0 Å². The van der Waals surface area contributed by atoms with E-state index in [1.807, 2.05) is 13.8 Å². The van der Waals surface area contributed by atoms with E-state index in [2.05, 4.69) is 10.1 Å². The van der Waals surface area contributed by atoms with E-state index in [1.165, 1.54) is 24.3 Å². The van der Waals surface area contributed by atoms with Crippen molar-refractivity contribution in [2.24, 2.45) is 5.92 Å². The Hall–Kier alpha value is -3.49.